The van der Waals surface area contributed by atoms with E-state index in [0.29, 0.717) is 0 Å². The van der Waals surface area contributed by atoms with Crippen LogP contribution >= 0.6 is 22.9 Å². The Labute approximate surface area is 116 Å². The molecular formula is C14H15ClFNS. The number of halogens is 2. The molecule has 4 heteroatoms. The van der Waals surface area contributed by atoms with Gasteiger partial charge in [0.15, 0.2) is 0 Å². The first kappa shape index (κ1) is 13.5. The lowest BCUT2D eigenvalue weighted by Crippen LogP contribution is -2.16. The molecule has 1 nitrogen and oxygen atoms in total. The first-order valence-corrected chi connectivity index (χ1v) is 7.06. The summed E-state index contributed by atoms with van der Waals surface area (Å²) in [7, 11) is 1.88. The summed E-state index contributed by atoms with van der Waals surface area (Å²) in [6.45, 7) is 2.13. The van der Waals surface area contributed by atoms with Gasteiger partial charge in [0.25, 0.3) is 0 Å². The number of hydrogen-bond acceptors (Lipinski definition) is 2. The third kappa shape index (κ3) is 2.74. The van der Waals surface area contributed by atoms with Crippen LogP contribution in [0.2, 0.25) is 5.02 Å². The van der Waals surface area contributed by atoms with Gasteiger partial charge in [-0.1, -0.05) is 24.6 Å². The minimum atomic E-state index is -0.373. The molecule has 2 rings (SSSR count). The van der Waals surface area contributed by atoms with Crippen LogP contribution < -0.4 is 5.32 Å². The summed E-state index contributed by atoms with van der Waals surface area (Å²) in [6, 6.07) is 9.19. The van der Waals surface area contributed by atoms with Gasteiger partial charge in [0.1, 0.15) is 5.82 Å². The van der Waals surface area contributed by atoms with E-state index in [9.17, 15) is 4.39 Å². The molecular weight excluding hydrogens is 269 g/mol. The van der Waals surface area contributed by atoms with E-state index >= 15 is 0 Å². The van der Waals surface area contributed by atoms with Crippen LogP contribution in [-0.4, -0.2) is 7.05 Å². The van der Waals surface area contributed by atoms with Crippen molar-refractivity contribution in [3.63, 3.8) is 0 Å². The van der Waals surface area contributed by atoms with Crippen molar-refractivity contribution in [2.75, 3.05) is 7.05 Å². The molecule has 0 amide bonds. The van der Waals surface area contributed by atoms with Gasteiger partial charge in [-0.05, 0) is 43.3 Å². The summed E-state index contributed by atoms with van der Waals surface area (Å²) in [5.41, 5.74) is 0.893. The van der Waals surface area contributed by atoms with E-state index in [1.807, 2.05) is 13.1 Å². The fraction of sp³-hybridized carbons (Fsp3) is 0.286. The summed E-state index contributed by atoms with van der Waals surface area (Å²) >= 11 is 7.46. The van der Waals surface area contributed by atoms with Gasteiger partial charge >= 0.3 is 0 Å². The van der Waals surface area contributed by atoms with E-state index in [2.05, 4.69) is 24.4 Å². The van der Waals surface area contributed by atoms with Crippen molar-refractivity contribution in [2.45, 2.75) is 19.4 Å². The maximum Gasteiger partial charge on any atom is 0.142 e. The van der Waals surface area contributed by atoms with Gasteiger partial charge in [-0.3, -0.25) is 0 Å². The van der Waals surface area contributed by atoms with Gasteiger partial charge < -0.3 is 5.32 Å². The zero-order chi connectivity index (χ0) is 13.1. The summed E-state index contributed by atoms with van der Waals surface area (Å²) in [5.74, 6) is -0.373. The predicted molar refractivity (Wildman–Crippen MR) is 76.0 cm³/mol. The van der Waals surface area contributed by atoms with Gasteiger partial charge in [-0.15, -0.1) is 11.3 Å². The summed E-state index contributed by atoms with van der Waals surface area (Å²) in [6.07, 6.45) is 1.02. The van der Waals surface area contributed by atoms with Gasteiger partial charge in [-0.2, -0.15) is 0 Å². The summed E-state index contributed by atoms with van der Waals surface area (Å²) in [4.78, 5) is 2.52. The van der Waals surface area contributed by atoms with Crippen LogP contribution in [0.3, 0.4) is 0 Å². The number of hydrogen-bond donors (Lipinski definition) is 1. The molecule has 1 aromatic carbocycles. The van der Waals surface area contributed by atoms with Gasteiger partial charge in [0, 0.05) is 9.75 Å². The second kappa shape index (κ2) is 5.83. The van der Waals surface area contributed by atoms with E-state index in [4.69, 9.17) is 11.6 Å². The van der Waals surface area contributed by atoms with Crippen molar-refractivity contribution >= 4 is 22.9 Å². The Morgan fingerprint density at radius 3 is 2.67 bits per heavy atom. The maximum atomic E-state index is 13.5. The zero-order valence-corrected chi connectivity index (χ0v) is 11.9. The Morgan fingerprint density at radius 2 is 2.11 bits per heavy atom. The predicted octanol–water partition coefficient (Wildman–Crippen LogP) is 4.41. The van der Waals surface area contributed by atoms with E-state index in [-0.39, 0.29) is 16.9 Å². The van der Waals surface area contributed by atoms with E-state index < -0.39 is 0 Å². The van der Waals surface area contributed by atoms with Crippen LogP contribution in [0.5, 0.6) is 0 Å². The molecule has 0 bridgehead atoms. The summed E-state index contributed by atoms with van der Waals surface area (Å²) in [5, 5.41) is 3.38. The quantitative estimate of drug-likeness (QED) is 0.876. The van der Waals surface area contributed by atoms with Crippen molar-refractivity contribution in [1.29, 1.82) is 0 Å². The lowest BCUT2D eigenvalue weighted by atomic mass is 10.1. The first-order chi connectivity index (χ1) is 8.65. The number of benzene rings is 1. The van der Waals surface area contributed by atoms with E-state index in [1.54, 1.807) is 17.4 Å². The Hall–Kier alpha value is -0.900. The van der Waals surface area contributed by atoms with Crippen LogP contribution in [0, 0.1) is 5.82 Å². The van der Waals surface area contributed by atoms with Crippen molar-refractivity contribution in [3.8, 4) is 0 Å². The number of thiophene rings is 1. The topological polar surface area (TPSA) is 12.0 Å². The minimum absolute atomic E-state index is 0.0158. The summed E-state index contributed by atoms with van der Waals surface area (Å²) < 4.78 is 13.5. The van der Waals surface area contributed by atoms with Crippen LogP contribution in [0.1, 0.15) is 28.3 Å². The van der Waals surface area contributed by atoms with Crippen LogP contribution in [0.4, 0.5) is 4.39 Å². The monoisotopic (exact) mass is 283 g/mol. The van der Waals surface area contributed by atoms with E-state index in [1.165, 1.54) is 15.8 Å². The second-order valence-corrected chi connectivity index (χ2v) is 5.66. The molecule has 0 fully saturated rings. The molecule has 1 heterocycles. The number of nitrogens with one attached hydrogen (secondary N) is 1. The first-order valence-electron chi connectivity index (χ1n) is 5.86. The molecule has 0 saturated carbocycles. The average Bonchev–Trinajstić information content (AvgIpc) is 2.83. The Balaban J connectivity index is 2.35. The lowest BCUT2D eigenvalue weighted by molar-refractivity contribution is 0.618. The molecule has 0 aliphatic rings. The highest BCUT2D eigenvalue weighted by molar-refractivity contribution is 7.12. The number of rotatable bonds is 4. The molecule has 1 N–H and O–H groups in total. The molecule has 1 aromatic heterocycles. The van der Waals surface area contributed by atoms with Crippen LogP contribution in [0.25, 0.3) is 0 Å². The second-order valence-electron chi connectivity index (χ2n) is 4.05. The average molecular weight is 284 g/mol. The third-order valence-electron chi connectivity index (χ3n) is 2.88. The molecule has 0 radical (unpaired) electrons. The largest absolute Gasteiger partial charge is 0.309 e. The zero-order valence-electron chi connectivity index (χ0n) is 10.3. The van der Waals surface area contributed by atoms with Gasteiger partial charge in [0.2, 0.25) is 0 Å². The standard InChI is InChI=1S/C14H15ClFNS/c1-3-10-5-7-13(18-10)14(17-2)9-4-6-11(15)12(16)8-9/h4-8,14,17H,3H2,1-2H3. The molecule has 2 aromatic rings. The van der Waals surface area contributed by atoms with Crippen molar-refractivity contribution in [3.05, 3.63) is 56.5 Å². The van der Waals surface area contributed by atoms with Crippen molar-refractivity contribution in [1.82, 2.24) is 5.32 Å². The molecule has 0 aliphatic heterocycles. The highest BCUT2D eigenvalue weighted by Gasteiger charge is 2.15. The maximum absolute atomic E-state index is 13.5. The molecule has 0 aliphatic carbocycles. The molecule has 0 spiro atoms. The lowest BCUT2D eigenvalue weighted by Gasteiger charge is -2.15. The fourth-order valence-corrected chi connectivity index (χ4v) is 3.11. The van der Waals surface area contributed by atoms with Gasteiger partial charge in [0.05, 0.1) is 11.1 Å². The Bertz CT molecular complexity index is 538. The molecule has 1 atom stereocenters. The molecule has 18 heavy (non-hydrogen) atoms. The fourth-order valence-electron chi connectivity index (χ4n) is 1.90. The van der Waals surface area contributed by atoms with Gasteiger partial charge in [-0.25, -0.2) is 4.39 Å². The van der Waals surface area contributed by atoms with Crippen molar-refractivity contribution in [2.24, 2.45) is 0 Å². The Morgan fingerprint density at radius 1 is 1.33 bits per heavy atom. The molecule has 96 valence electrons. The number of aryl methyl sites for hydroxylation is 1. The minimum Gasteiger partial charge on any atom is -0.309 e. The Kier molecular flexibility index (Phi) is 4.38. The highest BCUT2D eigenvalue weighted by atomic mass is 35.5. The normalized spacial score (nSPS) is 12.7. The van der Waals surface area contributed by atoms with Crippen LogP contribution in [-0.2, 0) is 6.42 Å². The smallest absolute Gasteiger partial charge is 0.142 e. The van der Waals surface area contributed by atoms with E-state index in [0.717, 1.165) is 12.0 Å². The molecule has 1 unspecified atom stereocenters. The molecule has 0 saturated heterocycles. The third-order valence-corrected chi connectivity index (χ3v) is 4.48. The van der Waals surface area contributed by atoms with Crippen LogP contribution in [0.15, 0.2) is 30.3 Å². The highest BCUT2D eigenvalue weighted by Crippen LogP contribution is 2.30. The SMILES string of the molecule is CCc1ccc(C(NC)c2ccc(Cl)c(F)c2)s1. The van der Waals surface area contributed by atoms with Crippen molar-refractivity contribution < 1.29 is 4.39 Å².